The second-order valence-corrected chi connectivity index (χ2v) is 7.19. The Hall–Kier alpha value is -1.47. The van der Waals surface area contributed by atoms with Gasteiger partial charge in [-0.3, -0.25) is 0 Å². The van der Waals surface area contributed by atoms with Crippen molar-refractivity contribution in [3.05, 3.63) is 49.1 Å². The molecule has 5 nitrogen and oxygen atoms in total. The zero-order chi connectivity index (χ0) is 14.4. The van der Waals surface area contributed by atoms with Crippen LogP contribution >= 0.6 is 0 Å². The van der Waals surface area contributed by atoms with Crippen LogP contribution in [0, 0.1) is 0 Å². The van der Waals surface area contributed by atoms with Crippen molar-refractivity contribution in [2.45, 2.75) is 25.4 Å². The first kappa shape index (κ1) is 14.9. The van der Waals surface area contributed by atoms with E-state index in [4.69, 9.17) is 4.43 Å². The second kappa shape index (κ2) is 6.80. The Morgan fingerprint density at radius 2 is 1.95 bits per heavy atom. The molecular formula is C14H21N2O3Si+. The van der Waals surface area contributed by atoms with E-state index in [-0.39, 0.29) is 0 Å². The van der Waals surface area contributed by atoms with Crippen molar-refractivity contribution < 1.29 is 18.6 Å². The van der Waals surface area contributed by atoms with Gasteiger partial charge in [0.25, 0.3) is 0 Å². The molecule has 0 atom stereocenters. The quantitative estimate of drug-likeness (QED) is 0.457. The summed E-state index contributed by atoms with van der Waals surface area (Å²) in [5.41, 5.74) is 1.13. The minimum atomic E-state index is -3.38. The Balaban J connectivity index is 1.82. The van der Waals surface area contributed by atoms with E-state index >= 15 is 0 Å². The first-order valence-electron chi connectivity index (χ1n) is 6.73. The van der Waals surface area contributed by atoms with E-state index in [9.17, 15) is 9.59 Å². The van der Waals surface area contributed by atoms with Crippen molar-refractivity contribution >= 4 is 8.80 Å². The fourth-order valence-electron chi connectivity index (χ4n) is 2.03. The van der Waals surface area contributed by atoms with E-state index in [0.717, 1.165) is 25.1 Å². The average Bonchev–Trinajstić information content (AvgIpc) is 2.93. The third-order valence-corrected chi connectivity index (χ3v) is 4.90. The second-order valence-electron chi connectivity index (χ2n) is 4.80. The summed E-state index contributed by atoms with van der Waals surface area (Å²) < 4.78 is 8.85. The number of aromatic nitrogens is 2. The maximum Gasteiger partial charge on any atom is 0.495 e. The largest absolute Gasteiger partial charge is 0.495 e. The lowest BCUT2D eigenvalue weighted by molar-refractivity contribution is -0.696. The molecule has 1 aromatic heterocycles. The monoisotopic (exact) mass is 293 g/mol. The van der Waals surface area contributed by atoms with Gasteiger partial charge in [-0.2, -0.15) is 0 Å². The molecule has 1 heterocycles. The van der Waals surface area contributed by atoms with E-state index in [0.29, 0.717) is 6.04 Å². The summed E-state index contributed by atoms with van der Waals surface area (Å²) in [7, 11) is -2.03. The van der Waals surface area contributed by atoms with E-state index in [1.54, 1.807) is 0 Å². The van der Waals surface area contributed by atoms with Gasteiger partial charge < -0.3 is 14.0 Å². The number of nitrogens with zero attached hydrogens (tertiary/aromatic N) is 2. The molecule has 0 fully saturated rings. The molecule has 2 rings (SSSR count). The molecule has 0 aliphatic rings. The van der Waals surface area contributed by atoms with Crippen LogP contribution in [0.5, 0.6) is 0 Å². The molecule has 2 N–H and O–H groups in total. The maximum atomic E-state index is 9.43. The van der Waals surface area contributed by atoms with Gasteiger partial charge in [-0.05, 0) is 25.0 Å². The molecule has 0 spiro atoms. The van der Waals surface area contributed by atoms with Crippen LogP contribution in [0.2, 0.25) is 6.04 Å². The van der Waals surface area contributed by atoms with Gasteiger partial charge in [0.15, 0.2) is 0 Å². The Bertz CT molecular complexity index is 528. The highest BCUT2D eigenvalue weighted by molar-refractivity contribution is 6.57. The van der Waals surface area contributed by atoms with Gasteiger partial charge in [0, 0.05) is 13.2 Å². The molecule has 0 saturated heterocycles. The Kier molecular flexibility index (Phi) is 5.08. The van der Waals surface area contributed by atoms with E-state index < -0.39 is 8.80 Å². The maximum absolute atomic E-state index is 9.43. The summed E-state index contributed by atoms with van der Waals surface area (Å²) in [5.74, 6) is 0. The van der Waals surface area contributed by atoms with E-state index in [1.165, 1.54) is 7.11 Å². The van der Waals surface area contributed by atoms with Gasteiger partial charge in [-0.1, -0.05) is 18.2 Å². The third kappa shape index (κ3) is 4.28. The van der Waals surface area contributed by atoms with E-state index in [1.807, 2.05) is 36.9 Å². The topological polar surface area (TPSA) is 58.5 Å². The molecule has 0 aliphatic heterocycles. The fourth-order valence-corrected chi connectivity index (χ4v) is 2.95. The number of unbranched alkanes of at least 4 members (excludes halogenated alkanes) is 1. The van der Waals surface area contributed by atoms with Crippen LogP contribution in [-0.4, -0.2) is 30.1 Å². The van der Waals surface area contributed by atoms with Crippen LogP contribution in [0.3, 0.4) is 0 Å². The number of aryl methyl sites for hydroxylation is 1. The zero-order valence-corrected chi connectivity index (χ0v) is 12.6. The van der Waals surface area contributed by atoms with Gasteiger partial charge >= 0.3 is 8.80 Å². The van der Waals surface area contributed by atoms with Crippen LogP contribution < -0.4 is 4.57 Å². The summed E-state index contributed by atoms with van der Waals surface area (Å²) in [6.45, 7) is 0.855. The van der Waals surface area contributed by atoms with E-state index in [2.05, 4.69) is 21.3 Å². The van der Waals surface area contributed by atoms with Crippen LogP contribution in [0.25, 0.3) is 5.69 Å². The number of benzene rings is 1. The van der Waals surface area contributed by atoms with Crippen LogP contribution in [0.15, 0.2) is 49.1 Å². The highest BCUT2D eigenvalue weighted by atomic mass is 28.4. The molecule has 20 heavy (non-hydrogen) atoms. The molecule has 2 aromatic rings. The van der Waals surface area contributed by atoms with Crippen LogP contribution in [0.4, 0.5) is 0 Å². The molecule has 0 amide bonds. The van der Waals surface area contributed by atoms with Crippen molar-refractivity contribution in [3.63, 3.8) is 0 Å². The molecule has 108 valence electrons. The normalized spacial score (nSPS) is 11.8. The smallest absolute Gasteiger partial charge is 0.390 e. The predicted octanol–water partition coefficient (Wildman–Crippen LogP) is 1.11. The third-order valence-electron chi connectivity index (χ3n) is 3.24. The van der Waals surface area contributed by atoms with Crippen molar-refractivity contribution in [1.82, 2.24) is 4.57 Å². The van der Waals surface area contributed by atoms with Crippen molar-refractivity contribution in [2.75, 3.05) is 7.11 Å². The highest BCUT2D eigenvalue weighted by Crippen LogP contribution is 2.08. The molecule has 0 aliphatic carbocycles. The van der Waals surface area contributed by atoms with Gasteiger partial charge in [-0.15, -0.1) is 0 Å². The molecule has 0 radical (unpaired) electrons. The molecule has 1 aromatic carbocycles. The Morgan fingerprint density at radius 1 is 1.20 bits per heavy atom. The minimum absolute atomic E-state index is 0.351. The van der Waals surface area contributed by atoms with Crippen molar-refractivity contribution in [3.8, 4) is 5.69 Å². The Labute approximate surface area is 120 Å². The molecule has 0 saturated carbocycles. The molecule has 0 bridgehead atoms. The SMILES string of the molecule is CO[Si](O)(O)CCCC[n+]1ccn(-c2ccccc2)c1. The number of hydrogen-bond donors (Lipinski definition) is 2. The highest BCUT2D eigenvalue weighted by Gasteiger charge is 2.29. The lowest BCUT2D eigenvalue weighted by Gasteiger charge is -2.13. The Morgan fingerprint density at radius 3 is 2.65 bits per heavy atom. The lowest BCUT2D eigenvalue weighted by Crippen LogP contribution is -2.37. The number of imidazole rings is 1. The summed E-state index contributed by atoms with van der Waals surface area (Å²) in [6, 6.07) is 10.5. The van der Waals surface area contributed by atoms with Gasteiger partial charge in [0.05, 0.1) is 6.54 Å². The number of rotatable bonds is 7. The summed E-state index contributed by atoms with van der Waals surface area (Å²) in [4.78, 5) is 18.9. The standard InChI is InChI=1S/C14H21N2O3Si/c1-19-20(17,18)12-6-5-9-15-10-11-16(13-15)14-7-3-2-4-8-14/h2-4,7-8,10-11,13,17-18H,5-6,9,12H2,1H3/q+1. The van der Waals surface area contributed by atoms with Gasteiger partial charge in [-0.25, -0.2) is 9.13 Å². The average molecular weight is 293 g/mol. The number of para-hydroxylation sites is 1. The summed E-state index contributed by atoms with van der Waals surface area (Å²) in [6.07, 6.45) is 7.71. The first-order chi connectivity index (χ1) is 9.61. The fraction of sp³-hybridized carbons (Fsp3) is 0.357. The number of hydrogen-bond acceptors (Lipinski definition) is 3. The zero-order valence-electron chi connectivity index (χ0n) is 11.6. The summed E-state index contributed by atoms with van der Waals surface area (Å²) in [5, 5.41) is 0. The van der Waals surface area contributed by atoms with Crippen LogP contribution in [0.1, 0.15) is 12.8 Å². The van der Waals surface area contributed by atoms with Crippen molar-refractivity contribution in [2.24, 2.45) is 0 Å². The van der Waals surface area contributed by atoms with Gasteiger partial charge in [0.1, 0.15) is 18.1 Å². The lowest BCUT2D eigenvalue weighted by atomic mass is 10.3. The van der Waals surface area contributed by atoms with Crippen LogP contribution in [-0.2, 0) is 11.0 Å². The van der Waals surface area contributed by atoms with Crippen molar-refractivity contribution in [1.29, 1.82) is 0 Å². The molecule has 0 unspecified atom stereocenters. The molecular weight excluding hydrogens is 272 g/mol. The molecule has 6 heteroatoms. The predicted molar refractivity (Wildman–Crippen MR) is 77.2 cm³/mol. The minimum Gasteiger partial charge on any atom is -0.390 e. The summed E-state index contributed by atoms with van der Waals surface area (Å²) >= 11 is 0. The first-order valence-corrected chi connectivity index (χ1v) is 8.74. The van der Waals surface area contributed by atoms with Gasteiger partial charge in [0.2, 0.25) is 6.33 Å².